The van der Waals surface area contributed by atoms with Crippen LogP contribution in [-0.4, -0.2) is 25.8 Å². The molecule has 0 aliphatic carbocycles. The Kier molecular flexibility index (Phi) is 6.32. The SMILES string of the molecule is Cc1cc(C)cc(NC(=O)Nc2ccc(Oc3cc(-n4nc(C)c(C)c4C)nc(C)n3)cc2)c1. The molecule has 2 aromatic carbocycles. The van der Waals surface area contributed by atoms with Gasteiger partial charge in [-0.2, -0.15) is 10.1 Å². The summed E-state index contributed by atoms with van der Waals surface area (Å²) in [7, 11) is 0. The highest BCUT2D eigenvalue weighted by Crippen LogP contribution is 2.24. The lowest BCUT2D eigenvalue weighted by atomic mass is 10.1. The number of hydrogen-bond acceptors (Lipinski definition) is 5. The molecule has 0 fully saturated rings. The number of urea groups is 1. The zero-order valence-electron chi connectivity index (χ0n) is 20.2. The first-order valence-corrected chi connectivity index (χ1v) is 11.0. The molecule has 0 saturated heterocycles. The summed E-state index contributed by atoms with van der Waals surface area (Å²) >= 11 is 0. The molecule has 0 aliphatic heterocycles. The van der Waals surface area contributed by atoms with Crippen LogP contribution in [0.3, 0.4) is 0 Å². The van der Waals surface area contributed by atoms with E-state index < -0.39 is 0 Å². The van der Waals surface area contributed by atoms with Crippen LogP contribution in [0, 0.1) is 41.5 Å². The molecule has 4 aromatic rings. The van der Waals surface area contributed by atoms with E-state index in [1.165, 1.54) is 0 Å². The third kappa shape index (κ3) is 5.23. The number of carbonyl (C=O) groups excluding carboxylic acids is 1. The van der Waals surface area contributed by atoms with Crippen LogP contribution in [0.5, 0.6) is 11.6 Å². The summed E-state index contributed by atoms with van der Waals surface area (Å²) in [5, 5.41) is 10.3. The van der Waals surface area contributed by atoms with E-state index in [0.717, 1.165) is 33.8 Å². The maximum atomic E-state index is 12.4. The van der Waals surface area contributed by atoms with E-state index in [2.05, 4.69) is 31.8 Å². The molecule has 0 atom stereocenters. The summed E-state index contributed by atoms with van der Waals surface area (Å²) in [6, 6.07) is 14.5. The number of hydrogen-bond donors (Lipinski definition) is 2. The van der Waals surface area contributed by atoms with Gasteiger partial charge in [0, 0.05) is 23.1 Å². The molecule has 0 unspecified atom stereocenters. The number of amides is 2. The quantitative estimate of drug-likeness (QED) is 0.387. The van der Waals surface area contributed by atoms with Gasteiger partial charge in [0.25, 0.3) is 0 Å². The van der Waals surface area contributed by atoms with Crippen molar-refractivity contribution in [3.05, 3.63) is 82.4 Å². The van der Waals surface area contributed by atoms with E-state index in [9.17, 15) is 4.79 Å². The van der Waals surface area contributed by atoms with Gasteiger partial charge in [0.2, 0.25) is 5.88 Å². The number of aromatic nitrogens is 4. The van der Waals surface area contributed by atoms with Gasteiger partial charge in [-0.25, -0.2) is 14.5 Å². The van der Waals surface area contributed by atoms with Crippen molar-refractivity contribution in [2.45, 2.75) is 41.5 Å². The van der Waals surface area contributed by atoms with E-state index in [1.807, 2.05) is 53.7 Å². The van der Waals surface area contributed by atoms with Gasteiger partial charge in [-0.05, 0) is 94.6 Å². The van der Waals surface area contributed by atoms with Crippen molar-refractivity contribution in [3.63, 3.8) is 0 Å². The predicted octanol–water partition coefficient (Wildman–Crippen LogP) is 5.95. The van der Waals surface area contributed by atoms with E-state index in [1.54, 1.807) is 35.0 Å². The topological polar surface area (TPSA) is 94.0 Å². The fourth-order valence-corrected chi connectivity index (χ4v) is 3.70. The molecule has 0 bridgehead atoms. The number of nitrogens with one attached hydrogen (secondary N) is 2. The zero-order valence-corrected chi connectivity index (χ0v) is 20.2. The van der Waals surface area contributed by atoms with Crippen molar-refractivity contribution < 1.29 is 9.53 Å². The molecule has 0 aliphatic rings. The van der Waals surface area contributed by atoms with Gasteiger partial charge in [-0.15, -0.1) is 0 Å². The van der Waals surface area contributed by atoms with Gasteiger partial charge in [-0.1, -0.05) is 6.07 Å². The van der Waals surface area contributed by atoms with Gasteiger partial charge < -0.3 is 15.4 Å². The van der Waals surface area contributed by atoms with Gasteiger partial charge in [0.15, 0.2) is 5.82 Å². The second-order valence-corrected chi connectivity index (χ2v) is 8.40. The smallest absolute Gasteiger partial charge is 0.323 e. The highest BCUT2D eigenvalue weighted by atomic mass is 16.5. The summed E-state index contributed by atoms with van der Waals surface area (Å²) in [6.07, 6.45) is 0. The number of rotatable bonds is 5. The number of carbonyl (C=O) groups is 1. The summed E-state index contributed by atoms with van der Waals surface area (Å²) in [4.78, 5) is 21.3. The third-order valence-corrected chi connectivity index (χ3v) is 5.49. The Hall–Kier alpha value is -4.20. The van der Waals surface area contributed by atoms with Crippen LogP contribution in [0.2, 0.25) is 0 Å². The number of nitrogens with zero attached hydrogens (tertiary/aromatic N) is 4. The number of benzene rings is 2. The summed E-state index contributed by atoms with van der Waals surface area (Å²) in [5.74, 6) is 2.24. The standard InChI is InChI=1S/C26H28N6O2/c1-15-11-16(2)13-22(12-15)30-26(33)29-21-7-9-23(10-8-21)34-25-14-24(27-20(6)28-25)32-19(5)17(3)18(4)31-32/h7-14H,1-6H3,(H2,29,30,33). The summed E-state index contributed by atoms with van der Waals surface area (Å²) < 4.78 is 7.76. The van der Waals surface area contributed by atoms with Crippen LogP contribution in [0.1, 0.15) is 33.9 Å². The van der Waals surface area contributed by atoms with Crippen molar-refractivity contribution in [2.75, 3.05) is 10.6 Å². The Labute approximate surface area is 199 Å². The molecule has 0 saturated carbocycles. The lowest BCUT2D eigenvalue weighted by Gasteiger charge is -2.11. The second-order valence-electron chi connectivity index (χ2n) is 8.40. The average molecular weight is 457 g/mol. The van der Waals surface area contributed by atoms with E-state index in [-0.39, 0.29) is 6.03 Å². The second kappa shape index (κ2) is 9.35. The molecule has 174 valence electrons. The molecule has 0 radical (unpaired) electrons. The van der Waals surface area contributed by atoms with Crippen LogP contribution in [0.25, 0.3) is 5.82 Å². The fraction of sp³-hybridized carbons (Fsp3) is 0.231. The molecule has 0 spiro atoms. The van der Waals surface area contributed by atoms with Crippen molar-refractivity contribution in [3.8, 4) is 17.4 Å². The first-order chi connectivity index (χ1) is 16.2. The normalized spacial score (nSPS) is 10.8. The molecule has 34 heavy (non-hydrogen) atoms. The van der Waals surface area contributed by atoms with Gasteiger partial charge >= 0.3 is 6.03 Å². The van der Waals surface area contributed by atoms with Crippen molar-refractivity contribution >= 4 is 17.4 Å². The Morgan fingerprint density at radius 2 is 1.47 bits per heavy atom. The first-order valence-electron chi connectivity index (χ1n) is 11.0. The Morgan fingerprint density at radius 3 is 2.09 bits per heavy atom. The Morgan fingerprint density at radius 1 is 0.824 bits per heavy atom. The largest absolute Gasteiger partial charge is 0.439 e. The third-order valence-electron chi connectivity index (χ3n) is 5.49. The number of anilines is 2. The Balaban J connectivity index is 1.45. The highest BCUT2D eigenvalue weighted by Gasteiger charge is 2.13. The molecule has 8 heteroatoms. The van der Waals surface area contributed by atoms with Crippen LogP contribution in [0.15, 0.2) is 48.5 Å². The summed E-state index contributed by atoms with van der Waals surface area (Å²) in [5.41, 5.74) is 6.69. The van der Waals surface area contributed by atoms with E-state index >= 15 is 0 Å². The molecule has 2 aromatic heterocycles. The maximum Gasteiger partial charge on any atom is 0.323 e. The van der Waals surface area contributed by atoms with Gasteiger partial charge in [0.1, 0.15) is 11.6 Å². The van der Waals surface area contributed by atoms with Crippen LogP contribution in [-0.2, 0) is 0 Å². The summed E-state index contributed by atoms with van der Waals surface area (Å²) in [6.45, 7) is 11.8. The lowest BCUT2D eigenvalue weighted by Crippen LogP contribution is -2.19. The molecular weight excluding hydrogens is 428 g/mol. The maximum absolute atomic E-state index is 12.4. The molecule has 2 heterocycles. The lowest BCUT2D eigenvalue weighted by molar-refractivity contribution is 0.262. The zero-order chi connectivity index (χ0) is 24.4. The molecule has 8 nitrogen and oxygen atoms in total. The van der Waals surface area contributed by atoms with Gasteiger partial charge in [-0.3, -0.25) is 0 Å². The minimum Gasteiger partial charge on any atom is -0.439 e. The Bertz CT molecular complexity index is 1340. The molecule has 4 rings (SSSR count). The first kappa shape index (κ1) is 23.0. The average Bonchev–Trinajstić information content (AvgIpc) is 3.01. The number of aryl methyl sites for hydroxylation is 4. The fourth-order valence-electron chi connectivity index (χ4n) is 3.70. The van der Waals surface area contributed by atoms with E-state index in [4.69, 9.17) is 4.74 Å². The monoisotopic (exact) mass is 456 g/mol. The van der Waals surface area contributed by atoms with Crippen molar-refractivity contribution in [1.29, 1.82) is 0 Å². The van der Waals surface area contributed by atoms with Crippen LogP contribution < -0.4 is 15.4 Å². The van der Waals surface area contributed by atoms with Crippen molar-refractivity contribution in [1.82, 2.24) is 19.7 Å². The molecule has 2 amide bonds. The minimum absolute atomic E-state index is 0.310. The van der Waals surface area contributed by atoms with Gasteiger partial charge in [0.05, 0.1) is 5.69 Å². The molecule has 2 N–H and O–H groups in total. The molecular formula is C26H28N6O2. The predicted molar refractivity (Wildman–Crippen MR) is 133 cm³/mol. The van der Waals surface area contributed by atoms with Crippen LogP contribution in [0.4, 0.5) is 16.2 Å². The van der Waals surface area contributed by atoms with Crippen LogP contribution >= 0.6 is 0 Å². The highest BCUT2D eigenvalue weighted by molar-refractivity contribution is 5.99. The van der Waals surface area contributed by atoms with E-state index in [0.29, 0.717) is 29.0 Å². The van der Waals surface area contributed by atoms with Crippen molar-refractivity contribution in [2.24, 2.45) is 0 Å². The minimum atomic E-state index is -0.310. The number of ether oxygens (including phenoxy) is 1.